The predicted molar refractivity (Wildman–Crippen MR) is 76.8 cm³/mol. The minimum Gasteiger partial charge on any atom is -0.392 e. The lowest BCUT2D eigenvalue weighted by atomic mass is 10.2. The summed E-state index contributed by atoms with van der Waals surface area (Å²) in [6.07, 6.45) is 1.01. The number of aliphatic hydroxyl groups is 1. The summed E-state index contributed by atoms with van der Waals surface area (Å²) in [5, 5.41) is 15.4. The van der Waals surface area contributed by atoms with E-state index in [-0.39, 0.29) is 11.6 Å². The Kier molecular flexibility index (Phi) is 6.12. The van der Waals surface area contributed by atoms with Crippen molar-refractivity contribution in [1.29, 1.82) is 0 Å². The zero-order chi connectivity index (χ0) is 15.3. The van der Waals surface area contributed by atoms with Crippen LogP contribution < -0.4 is 4.72 Å². The van der Waals surface area contributed by atoms with Crippen LogP contribution in [0.15, 0.2) is 5.03 Å². The summed E-state index contributed by atoms with van der Waals surface area (Å²) in [7, 11) is -1.73. The van der Waals surface area contributed by atoms with Crippen LogP contribution in [0.25, 0.3) is 0 Å². The number of hydrogen-bond acceptors (Lipinski definition) is 5. The molecule has 3 N–H and O–H groups in total. The summed E-state index contributed by atoms with van der Waals surface area (Å²) >= 11 is 0. The number of hydrogen-bond donors (Lipinski definition) is 3. The molecule has 0 bridgehead atoms. The van der Waals surface area contributed by atoms with Crippen molar-refractivity contribution >= 4 is 10.0 Å². The van der Waals surface area contributed by atoms with E-state index in [0.717, 1.165) is 6.42 Å². The molecule has 116 valence electrons. The largest absolute Gasteiger partial charge is 0.392 e. The van der Waals surface area contributed by atoms with E-state index in [1.54, 1.807) is 6.92 Å². The Balaban J connectivity index is 2.67. The number of aromatic nitrogens is 2. The molecular weight excluding hydrogens is 280 g/mol. The van der Waals surface area contributed by atoms with E-state index in [2.05, 4.69) is 33.7 Å². The van der Waals surface area contributed by atoms with Crippen LogP contribution in [0.1, 0.15) is 31.5 Å². The Bertz CT molecular complexity index is 527. The number of aryl methyl sites for hydroxylation is 1. The molecule has 1 heterocycles. The Morgan fingerprint density at radius 1 is 1.50 bits per heavy atom. The van der Waals surface area contributed by atoms with Crippen molar-refractivity contribution in [3.8, 4) is 0 Å². The number of nitrogens with zero attached hydrogens (tertiary/aromatic N) is 2. The van der Waals surface area contributed by atoms with Gasteiger partial charge in [-0.05, 0) is 27.3 Å². The molecule has 0 saturated carbocycles. The topological polar surface area (TPSA) is 98.3 Å². The molecular formula is C12H24N4O3S. The van der Waals surface area contributed by atoms with Gasteiger partial charge in [0.15, 0.2) is 5.03 Å². The molecule has 0 aliphatic heterocycles. The number of aromatic amines is 1. The summed E-state index contributed by atoms with van der Waals surface area (Å²) in [6.45, 7) is 6.42. The van der Waals surface area contributed by atoms with Gasteiger partial charge in [0.1, 0.15) is 0 Å². The maximum Gasteiger partial charge on any atom is 0.260 e. The lowest BCUT2D eigenvalue weighted by Gasteiger charge is -2.23. The zero-order valence-corrected chi connectivity index (χ0v) is 13.3. The highest BCUT2D eigenvalue weighted by Crippen LogP contribution is 2.15. The molecule has 0 aromatic carbocycles. The normalized spacial score (nSPS) is 13.9. The Hall–Kier alpha value is -0.960. The van der Waals surface area contributed by atoms with E-state index in [9.17, 15) is 13.5 Å². The lowest BCUT2D eigenvalue weighted by molar-refractivity contribution is 0.256. The van der Waals surface area contributed by atoms with E-state index >= 15 is 0 Å². The van der Waals surface area contributed by atoms with Crippen molar-refractivity contribution in [2.75, 3.05) is 20.1 Å². The van der Waals surface area contributed by atoms with Gasteiger partial charge in [-0.25, -0.2) is 13.1 Å². The van der Waals surface area contributed by atoms with Crippen molar-refractivity contribution in [3.63, 3.8) is 0 Å². The van der Waals surface area contributed by atoms with Gasteiger partial charge >= 0.3 is 0 Å². The highest BCUT2D eigenvalue weighted by atomic mass is 32.2. The molecule has 1 aromatic heterocycles. The van der Waals surface area contributed by atoms with Gasteiger partial charge in [-0.1, -0.05) is 6.92 Å². The average molecular weight is 304 g/mol. The summed E-state index contributed by atoms with van der Waals surface area (Å²) in [6, 6.07) is 0.403. The molecule has 0 saturated heterocycles. The minimum absolute atomic E-state index is 0.122. The second-order valence-corrected chi connectivity index (χ2v) is 6.61. The molecule has 0 aliphatic rings. The summed E-state index contributed by atoms with van der Waals surface area (Å²) < 4.78 is 26.8. The molecule has 0 spiro atoms. The first-order valence-electron chi connectivity index (χ1n) is 6.68. The third-order valence-corrected chi connectivity index (χ3v) is 4.98. The number of nitrogens with one attached hydrogen (secondary N) is 2. The third kappa shape index (κ3) is 4.02. The zero-order valence-electron chi connectivity index (χ0n) is 12.5. The number of likely N-dealkylation sites (N-methyl/N-ethyl adjacent to an activating group) is 1. The van der Waals surface area contributed by atoms with E-state index in [1.165, 1.54) is 0 Å². The molecule has 1 rings (SSSR count). The molecule has 0 fully saturated rings. The Labute approximate surface area is 120 Å². The Morgan fingerprint density at radius 2 is 2.15 bits per heavy atom. The fourth-order valence-corrected chi connectivity index (χ4v) is 3.00. The van der Waals surface area contributed by atoms with Crippen LogP contribution in [0.2, 0.25) is 0 Å². The van der Waals surface area contributed by atoms with E-state index in [1.807, 2.05) is 7.05 Å². The first kappa shape index (κ1) is 17.1. The second-order valence-electron chi connectivity index (χ2n) is 4.93. The van der Waals surface area contributed by atoms with Gasteiger partial charge < -0.3 is 10.0 Å². The number of sulfonamides is 1. The molecule has 20 heavy (non-hydrogen) atoms. The smallest absolute Gasteiger partial charge is 0.260 e. The van der Waals surface area contributed by atoms with Gasteiger partial charge in [-0.3, -0.25) is 5.10 Å². The van der Waals surface area contributed by atoms with Crippen molar-refractivity contribution in [3.05, 3.63) is 11.3 Å². The number of rotatable bonds is 8. The summed E-state index contributed by atoms with van der Waals surface area (Å²) in [5.41, 5.74) is 0.873. The molecule has 0 amide bonds. The maximum absolute atomic E-state index is 12.1. The SMILES string of the molecule is CCC(C)N(C)CCNS(=O)(=O)c1n[nH]c(C)c1CO. The fourth-order valence-electron chi connectivity index (χ4n) is 1.80. The molecule has 1 aromatic rings. The summed E-state index contributed by atoms with van der Waals surface area (Å²) in [4.78, 5) is 2.09. The van der Waals surface area contributed by atoms with Crippen LogP contribution in [0, 0.1) is 6.92 Å². The van der Waals surface area contributed by atoms with Gasteiger partial charge in [0, 0.05) is 30.4 Å². The maximum atomic E-state index is 12.1. The third-order valence-electron chi connectivity index (χ3n) is 3.55. The molecule has 1 atom stereocenters. The molecule has 0 radical (unpaired) electrons. The van der Waals surface area contributed by atoms with Crippen molar-refractivity contribution in [2.45, 2.75) is 44.9 Å². The predicted octanol–water partition coefficient (Wildman–Crippen LogP) is 0.219. The van der Waals surface area contributed by atoms with E-state index < -0.39 is 10.0 Å². The fraction of sp³-hybridized carbons (Fsp3) is 0.750. The highest BCUT2D eigenvalue weighted by Gasteiger charge is 2.23. The van der Waals surface area contributed by atoms with Crippen LogP contribution >= 0.6 is 0 Å². The summed E-state index contributed by atoms with van der Waals surface area (Å²) in [5.74, 6) is 0. The van der Waals surface area contributed by atoms with Crippen LogP contribution in [-0.4, -0.2) is 54.8 Å². The minimum atomic E-state index is -3.69. The van der Waals surface area contributed by atoms with Gasteiger partial charge in [0.25, 0.3) is 10.0 Å². The van der Waals surface area contributed by atoms with Crippen LogP contribution in [0.3, 0.4) is 0 Å². The molecule has 0 aliphatic carbocycles. The van der Waals surface area contributed by atoms with Crippen LogP contribution in [0.4, 0.5) is 0 Å². The number of aliphatic hydroxyl groups excluding tert-OH is 1. The molecule has 8 heteroatoms. The van der Waals surface area contributed by atoms with Crippen molar-refractivity contribution in [1.82, 2.24) is 19.8 Å². The quantitative estimate of drug-likeness (QED) is 0.638. The van der Waals surface area contributed by atoms with Gasteiger partial charge in [-0.15, -0.1) is 0 Å². The lowest BCUT2D eigenvalue weighted by Crippen LogP contribution is -2.37. The van der Waals surface area contributed by atoms with Crippen LogP contribution in [0.5, 0.6) is 0 Å². The first-order chi connectivity index (χ1) is 9.33. The van der Waals surface area contributed by atoms with E-state index in [0.29, 0.717) is 30.4 Å². The van der Waals surface area contributed by atoms with Gasteiger partial charge in [0.05, 0.1) is 6.61 Å². The monoisotopic (exact) mass is 304 g/mol. The van der Waals surface area contributed by atoms with Gasteiger partial charge in [-0.2, -0.15) is 5.10 Å². The standard InChI is InChI=1S/C12H24N4O3S/c1-5-9(2)16(4)7-6-13-20(18,19)12-11(8-17)10(3)14-15-12/h9,13,17H,5-8H2,1-4H3,(H,14,15). The van der Waals surface area contributed by atoms with Crippen LogP contribution in [-0.2, 0) is 16.6 Å². The van der Waals surface area contributed by atoms with E-state index in [4.69, 9.17) is 0 Å². The average Bonchev–Trinajstić information content (AvgIpc) is 2.79. The highest BCUT2D eigenvalue weighted by molar-refractivity contribution is 7.89. The second kappa shape index (κ2) is 7.16. The Morgan fingerprint density at radius 3 is 2.70 bits per heavy atom. The molecule has 7 nitrogen and oxygen atoms in total. The van der Waals surface area contributed by atoms with Crippen molar-refractivity contribution < 1.29 is 13.5 Å². The molecule has 1 unspecified atom stereocenters. The number of H-pyrrole nitrogens is 1. The van der Waals surface area contributed by atoms with Crippen molar-refractivity contribution in [2.24, 2.45) is 0 Å². The van der Waals surface area contributed by atoms with Gasteiger partial charge in [0.2, 0.25) is 0 Å². The first-order valence-corrected chi connectivity index (χ1v) is 8.16.